The Labute approximate surface area is 183 Å². The molecule has 2 heterocycles. The van der Waals surface area contributed by atoms with E-state index in [9.17, 15) is 4.79 Å². The quantitative estimate of drug-likeness (QED) is 0.274. The van der Waals surface area contributed by atoms with Crippen molar-refractivity contribution in [3.63, 3.8) is 0 Å². The number of amides is 1. The van der Waals surface area contributed by atoms with E-state index in [0.29, 0.717) is 17.2 Å². The number of para-hydroxylation sites is 1. The molecule has 2 aromatic carbocycles. The molecule has 0 spiro atoms. The standard InChI is InChI=1S/C23H23IN4O2/c1-4-24-18-10-9-16(30-17-11-12-26-21(14-17)22(29)25-3)13-20(18)28-23(24)27-19-8-6-5-7-15(19)2/h5-14H,4H2,1-3H3,(H,25,29)(H,27,28). The molecule has 7 heteroatoms. The van der Waals surface area contributed by atoms with Gasteiger partial charge in [-0.05, 0) is 0 Å². The zero-order chi connectivity index (χ0) is 21.1. The average Bonchev–Trinajstić information content (AvgIpc) is 3.11. The van der Waals surface area contributed by atoms with Gasteiger partial charge in [-0.1, -0.05) is 0 Å². The fraction of sp³-hybridized carbons (Fsp3) is 0.174. The van der Waals surface area contributed by atoms with Gasteiger partial charge in [0.25, 0.3) is 0 Å². The Bertz CT molecular complexity index is 1130. The number of halogens is 1. The molecule has 1 aliphatic rings. The van der Waals surface area contributed by atoms with E-state index in [0.717, 1.165) is 19.6 Å². The number of amidine groups is 1. The Hall–Kier alpha value is -2.94. The number of hydrogen-bond donors (Lipinski definition) is 2. The third-order valence-electron chi connectivity index (χ3n) is 4.67. The number of aryl methyl sites for hydroxylation is 1. The predicted octanol–water partition coefficient (Wildman–Crippen LogP) is 5.35. The summed E-state index contributed by atoms with van der Waals surface area (Å²) in [5.41, 5.74) is 3.57. The molecule has 2 N–H and O–H groups in total. The second kappa shape index (κ2) is 8.83. The molecule has 0 saturated carbocycles. The molecular weight excluding hydrogens is 491 g/mol. The molecule has 0 fully saturated rings. The van der Waals surface area contributed by atoms with Crippen LogP contribution in [0.4, 0.5) is 11.4 Å². The van der Waals surface area contributed by atoms with Gasteiger partial charge in [-0.25, -0.2) is 0 Å². The molecule has 3 aromatic rings. The van der Waals surface area contributed by atoms with Gasteiger partial charge >= 0.3 is 184 Å². The summed E-state index contributed by atoms with van der Waals surface area (Å²) in [6.07, 6.45) is 1.57. The van der Waals surface area contributed by atoms with Crippen LogP contribution in [-0.4, -0.2) is 26.2 Å². The summed E-state index contributed by atoms with van der Waals surface area (Å²) in [7, 11) is 1.58. The second-order valence-corrected chi connectivity index (χ2v) is 12.4. The van der Waals surface area contributed by atoms with Crippen LogP contribution in [0.15, 0.2) is 65.8 Å². The molecule has 1 amide bonds. The number of hydrogen-bond acceptors (Lipinski definition) is 4. The van der Waals surface area contributed by atoms with Gasteiger partial charge < -0.3 is 0 Å². The van der Waals surface area contributed by atoms with E-state index in [1.54, 1.807) is 25.4 Å². The predicted molar refractivity (Wildman–Crippen MR) is 129 cm³/mol. The molecule has 0 radical (unpaired) electrons. The van der Waals surface area contributed by atoms with E-state index in [-0.39, 0.29) is 5.91 Å². The minimum atomic E-state index is -1.58. The molecule has 154 valence electrons. The van der Waals surface area contributed by atoms with Crippen LogP contribution >= 0.6 is 19.8 Å². The maximum atomic E-state index is 11.8. The Morgan fingerprint density at radius 1 is 1.17 bits per heavy atom. The van der Waals surface area contributed by atoms with Gasteiger partial charge in [0.05, 0.1) is 0 Å². The first-order chi connectivity index (χ1) is 14.6. The number of benzene rings is 2. The number of alkyl halides is 1. The third kappa shape index (κ3) is 4.16. The van der Waals surface area contributed by atoms with Gasteiger partial charge in [-0.3, -0.25) is 0 Å². The van der Waals surface area contributed by atoms with Gasteiger partial charge in [0.1, 0.15) is 0 Å². The molecule has 1 aliphatic heterocycles. The number of nitrogens with one attached hydrogen (secondary N) is 2. The van der Waals surface area contributed by atoms with Crippen molar-refractivity contribution in [2.45, 2.75) is 13.8 Å². The molecule has 6 nitrogen and oxygen atoms in total. The first-order valence-corrected chi connectivity index (χ1v) is 13.3. The summed E-state index contributed by atoms with van der Waals surface area (Å²) in [6, 6.07) is 17.7. The van der Waals surface area contributed by atoms with Crippen LogP contribution in [0.2, 0.25) is 0 Å². The summed E-state index contributed by atoms with van der Waals surface area (Å²) in [6.45, 7) is 4.32. The molecular formula is C23H23IN4O2. The Morgan fingerprint density at radius 2 is 1.97 bits per heavy atom. The number of rotatable bonds is 5. The summed E-state index contributed by atoms with van der Waals surface area (Å²) in [5.74, 6) is 1.03. The Kier molecular flexibility index (Phi) is 5.98. The number of aliphatic imine (C=N–C) groups is 1. The molecule has 4 rings (SSSR count). The van der Waals surface area contributed by atoms with E-state index in [1.165, 1.54) is 9.13 Å². The Morgan fingerprint density at radius 3 is 2.73 bits per heavy atom. The third-order valence-corrected chi connectivity index (χ3v) is 10.3. The topological polar surface area (TPSA) is 75.6 Å². The second-order valence-electron chi connectivity index (χ2n) is 6.64. The van der Waals surface area contributed by atoms with E-state index in [4.69, 9.17) is 9.73 Å². The van der Waals surface area contributed by atoms with Crippen LogP contribution in [-0.2, 0) is 0 Å². The average molecular weight is 514 g/mol. The van der Waals surface area contributed by atoms with Crippen molar-refractivity contribution in [3.8, 4) is 11.5 Å². The van der Waals surface area contributed by atoms with Crippen LogP contribution in [0.5, 0.6) is 11.5 Å². The van der Waals surface area contributed by atoms with Crippen molar-refractivity contribution < 1.29 is 9.53 Å². The van der Waals surface area contributed by atoms with Gasteiger partial charge in [0.2, 0.25) is 0 Å². The molecule has 0 bridgehead atoms. The molecule has 0 atom stereocenters. The maximum absolute atomic E-state index is 11.8. The first kappa shape index (κ1) is 20.3. The number of aromatic nitrogens is 1. The number of carbonyl (C=O) groups is 1. The van der Waals surface area contributed by atoms with Crippen LogP contribution in [0, 0.1) is 10.5 Å². The fourth-order valence-electron chi connectivity index (χ4n) is 3.13. The normalized spacial score (nSPS) is 14.9. The van der Waals surface area contributed by atoms with Crippen LogP contribution in [0.25, 0.3) is 0 Å². The van der Waals surface area contributed by atoms with Gasteiger partial charge in [0, 0.05) is 0 Å². The minimum absolute atomic E-state index is 0.245. The summed E-state index contributed by atoms with van der Waals surface area (Å²) < 4.78 is 9.57. The fourth-order valence-corrected chi connectivity index (χ4v) is 8.00. The number of nitrogens with zero attached hydrogens (tertiary/aromatic N) is 2. The number of anilines is 1. The van der Waals surface area contributed by atoms with Gasteiger partial charge in [-0.2, -0.15) is 0 Å². The van der Waals surface area contributed by atoms with Gasteiger partial charge in [-0.15, -0.1) is 0 Å². The summed E-state index contributed by atoms with van der Waals surface area (Å²) >= 11 is -1.58. The van der Waals surface area contributed by atoms with Crippen LogP contribution in [0.1, 0.15) is 23.0 Å². The van der Waals surface area contributed by atoms with Crippen molar-refractivity contribution >= 4 is 40.9 Å². The van der Waals surface area contributed by atoms with Crippen molar-refractivity contribution in [1.82, 2.24) is 10.3 Å². The molecule has 1 aromatic heterocycles. The van der Waals surface area contributed by atoms with E-state index < -0.39 is 19.8 Å². The van der Waals surface area contributed by atoms with Crippen molar-refractivity contribution in [2.24, 2.45) is 4.99 Å². The molecule has 0 aliphatic carbocycles. The number of carbonyl (C=O) groups excluding carboxylic acids is 1. The van der Waals surface area contributed by atoms with E-state index >= 15 is 0 Å². The van der Waals surface area contributed by atoms with Crippen molar-refractivity contribution in [1.29, 1.82) is 0 Å². The van der Waals surface area contributed by atoms with Crippen molar-refractivity contribution in [2.75, 3.05) is 16.8 Å². The number of ether oxygens (including phenoxy) is 1. The molecule has 0 unspecified atom stereocenters. The molecule has 0 saturated heterocycles. The number of fused-ring (bicyclic) bond motifs is 1. The molecule has 30 heavy (non-hydrogen) atoms. The van der Waals surface area contributed by atoms with E-state index in [2.05, 4.69) is 47.7 Å². The Balaban J connectivity index is 1.60. The first-order valence-electron chi connectivity index (χ1n) is 9.66. The van der Waals surface area contributed by atoms with Gasteiger partial charge in [0.15, 0.2) is 0 Å². The number of pyridine rings is 1. The SMILES string of the molecule is CCI1C(=Nc2ccccc2C)Nc2cc(Oc3ccnc(C(=O)NC)c3)ccc21. The summed E-state index contributed by atoms with van der Waals surface area (Å²) in [5, 5.41) is 6.11. The monoisotopic (exact) mass is 514 g/mol. The zero-order valence-electron chi connectivity index (χ0n) is 17.1. The zero-order valence-corrected chi connectivity index (χ0v) is 19.2. The summed E-state index contributed by atoms with van der Waals surface area (Å²) in [4.78, 5) is 20.8. The van der Waals surface area contributed by atoms with E-state index in [1.807, 2.05) is 24.3 Å². The van der Waals surface area contributed by atoms with Crippen LogP contribution < -0.4 is 15.4 Å². The van der Waals surface area contributed by atoms with Crippen molar-refractivity contribution in [3.05, 3.63) is 75.6 Å². The van der Waals surface area contributed by atoms with Crippen LogP contribution in [0.3, 0.4) is 0 Å².